The lowest BCUT2D eigenvalue weighted by Crippen LogP contribution is -2.82. The summed E-state index contributed by atoms with van der Waals surface area (Å²) in [6.07, 6.45) is 2.58. The highest BCUT2D eigenvalue weighted by Crippen LogP contribution is 2.70. The third kappa shape index (κ3) is 1.35. The molecule has 1 aliphatic heterocycles. The van der Waals surface area contributed by atoms with E-state index >= 15 is 0 Å². The fourth-order valence-corrected chi connectivity index (χ4v) is 7.04. The molecule has 9 unspecified atom stereocenters. The van der Waals surface area contributed by atoms with Crippen molar-refractivity contribution in [2.24, 2.45) is 29.6 Å². The van der Waals surface area contributed by atoms with Gasteiger partial charge in [0.25, 0.3) is 0 Å². The smallest absolute Gasteiger partial charge is 0.306 e. The lowest BCUT2D eigenvalue weighted by molar-refractivity contribution is -0.353. The minimum absolute atomic E-state index is 0.0417. The third-order valence-electron chi connectivity index (χ3n) is 7.85. The summed E-state index contributed by atoms with van der Waals surface area (Å²) >= 11 is 0. The summed E-state index contributed by atoms with van der Waals surface area (Å²) in [6, 6.07) is 0. The van der Waals surface area contributed by atoms with Crippen LogP contribution in [-0.2, 0) is 14.3 Å². The average Bonchev–Trinajstić information content (AvgIpc) is 3.01. The molecule has 2 bridgehead atoms. The highest BCUT2D eigenvalue weighted by molar-refractivity contribution is 5.73. The first kappa shape index (κ1) is 14.4. The first-order chi connectivity index (χ1) is 10.8. The molecule has 0 spiro atoms. The Bertz CT molecular complexity index is 606. The zero-order valence-electron chi connectivity index (χ0n) is 12.9. The molecule has 0 radical (unpaired) electrons. The van der Waals surface area contributed by atoms with Crippen LogP contribution in [0.5, 0.6) is 0 Å². The molecule has 0 aromatic rings. The van der Waals surface area contributed by atoms with Gasteiger partial charge < -0.3 is 24.9 Å². The van der Waals surface area contributed by atoms with Crippen molar-refractivity contribution in [1.82, 2.24) is 0 Å². The molecule has 6 heteroatoms. The van der Waals surface area contributed by atoms with Crippen LogP contribution >= 0.6 is 0 Å². The van der Waals surface area contributed by atoms with Crippen LogP contribution in [0.3, 0.4) is 0 Å². The summed E-state index contributed by atoms with van der Waals surface area (Å²) in [5.74, 6) is -1.93. The number of aldehydes is 1. The molecule has 0 aromatic carbocycles. The van der Waals surface area contributed by atoms with Gasteiger partial charge in [0, 0.05) is 23.7 Å². The summed E-state index contributed by atoms with van der Waals surface area (Å²) in [5.41, 5.74) is -4.17. The molecule has 23 heavy (non-hydrogen) atoms. The minimum atomic E-state index is -1.62. The zero-order valence-corrected chi connectivity index (χ0v) is 12.9. The molecular weight excluding hydrogens is 300 g/mol. The maximum atomic E-state index is 12.1. The molecule has 5 fully saturated rings. The van der Waals surface area contributed by atoms with Crippen molar-refractivity contribution in [3.8, 4) is 0 Å². The first-order valence-corrected chi connectivity index (χ1v) is 8.66. The van der Waals surface area contributed by atoms with Gasteiger partial charge >= 0.3 is 5.97 Å². The summed E-state index contributed by atoms with van der Waals surface area (Å²) < 4.78 is 5.51. The largest absolute Gasteiger partial charge is 0.459 e. The van der Waals surface area contributed by atoms with Gasteiger partial charge in [-0.2, -0.15) is 0 Å². The lowest BCUT2D eigenvalue weighted by Gasteiger charge is -2.67. The Kier molecular flexibility index (Phi) is 2.49. The van der Waals surface area contributed by atoms with E-state index in [4.69, 9.17) is 4.74 Å². The molecule has 6 nitrogen and oxygen atoms in total. The molecule has 0 aromatic heterocycles. The quantitative estimate of drug-likeness (QED) is 0.455. The predicted molar refractivity (Wildman–Crippen MR) is 75.9 cm³/mol. The van der Waals surface area contributed by atoms with Crippen LogP contribution in [-0.4, -0.2) is 50.5 Å². The van der Waals surface area contributed by atoms with E-state index in [0.717, 1.165) is 6.29 Å². The molecule has 3 N–H and O–H groups in total. The topological polar surface area (TPSA) is 104 Å². The van der Waals surface area contributed by atoms with Crippen LogP contribution < -0.4 is 0 Å². The Morgan fingerprint density at radius 1 is 1.17 bits per heavy atom. The number of carbonyl (C=O) groups excluding carboxylic acids is 2. The van der Waals surface area contributed by atoms with Gasteiger partial charge in [-0.1, -0.05) is 0 Å². The van der Waals surface area contributed by atoms with Gasteiger partial charge in [-0.15, -0.1) is 0 Å². The number of rotatable bonds is 1. The number of carbonyl (C=O) groups is 2. The number of aliphatic hydroxyl groups is 3. The number of esters is 1. The number of ether oxygens (including phenoxy) is 1. The molecule has 5 aliphatic rings. The van der Waals surface area contributed by atoms with E-state index in [1.54, 1.807) is 0 Å². The van der Waals surface area contributed by atoms with Crippen molar-refractivity contribution in [1.29, 1.82) is 0 Å². The van der Waals surface area contributed by atoms with E-state index in [0.29, 0.717) is 31.6 Å². The summed E-state index contributed by atoms with van der Waals surface area (Å²) in [6.45, 7) is 0. The second-order valence-electron chi connectivity index (χ2n) is 8.50. The van der Waals surface area contributed by atoms with E-state index in [1.807, 2.05) is 0 Å². The normalized spacial score (nSPS) is 62.7. The Hall–Kier alpha value is -0.980. The van der Waals surface area contributed by atoms with Crippen molar-refractivity contribution in [2.75, 3.05) is 0 Å². The molecule has 1 saturated heterocycles. The van der Waals surface area contributed by atoms with Crippen LogP contribution in [0.15, 0.2) is 0 Å². The third-order valence-corrected chi connectivity index (χ3v) is 7.85. The SMILES string of the molecule is O=CC1CCC2(O)C3CC4CC(C5OC(=O)CC1C52O)C3(O)C4. The zero-order chi connectivity index (χ0) is 16.2. The van der Waals surface area contributed by atoms with E-state index in [2.05, 4.69) is 0 Å². The Labute approximate surface area is 133 Å². The van der Waals surface area contributed by atoms with Gasteiger partial charge in [0.2, 0.25) is 0 Å². The number of hydrogen-bond donors (Lipinski definition) is 3. The lowest BCUT2D eigenvalue weighted by atomic mass is 9.44. The van der Waals surface area contributed by atoms with Crippen molar-refractivity contribution < 1.29 is 29.6 Å². The van der Waals surface area contributed by atoms with Crippen molar-refractivity contribution in [2.45, 2.75) is 61.4 Å². The van der Waals surface area contributed by atoms with Gasteiger partial charge in [-0.3, -0.25) is 4.79 Å². The van der Waals surface area contributed by atoms with Gasteiger partial charge in [-0.05, 0) is 38.0 Å². The fraction of sp³-hybridized carbons (Fsp3) is 0.882. The van der Waals surface area contributed by atoms with E-state index in [1.165, 1.54) is 0 Å². The highest BCUT2D eigenvalue weighted by Gasteiger charge is 2.81. The van der Waals surface area contributed by atoms with E-state index in [-0.39, 0.29) is 18.8 Å². The summed E-state index contributed by atoms with van der Waals surface area (Å²) in [7, 11) is 0. The van der Waals surface area contributed by atoms with Crippen LogP contribution in [0.2, 0.25) is 0 Å². The van der Waals surface area contributed by atoms with Gasteiger partial charge in [0.1, 0.15) is 23.6 Å². The second-order valence-corrected chi connectivity index (χ2v) is 8.50. The Morgan fingerprint density at radius 2 is 1.96 bits per heavy atom. The molecule has 9 atom stereocenters. The molecule has 4 aliphatic carbocycles. The standard InChI is InChI=1S/C17H22O6/c18-7-9-1-2-16(21)12-4-8-3-11(15(12,20)6-8)14-17(16,22)10(9)5-13(19)23-14/h7-12,14,20-22H,1-6H2. The van der Waals surface area contributed by atoms with Crippen LogP contribution in [0, 0.1) is 29.6 Å². The van der Waals surface area contributed by atoms with Crippen molar-refractivity contribution in [3.05, 3.63) is 0 Å². The van der Waals surface area contributed by atoms with Crippen molar-refractivity contribution in [3.63, 3.8) is 0 Å². The van der Waals surface area contributed by atoms with Crippen molar-refractivity contribution >= 4 is 12.3 Å². The van der Waals surface area contributed by atoms with Crippen LogP contribution in [0.25, 0.3) is 0 Å². The molecule has 1 heterocycles. The maximum absolute atomic E-state index is 12.1. The Morgan fingerprint density at radius 3 is 2.65 bits per heavy atom. The highest BCUT2D eigenvalue weighted by atomic mass is 16.6. The summed E-state index contributed by atoms with van der Waals surface area (Å²) in [5, 5.41) is 34.3. The first-order valence-electron chi connectivity index (χ1n) is 8.66. The minimum Gasteiger partial charge on any atom is -0.459 e. The monoisotopic (exact) mass is 322 g/mol. The van der Waals surface area contributed by atoms with Gasteiger partial charge in [0.05, 0.1) is 12.0 Å². The maximum Gasteiger partial charge on any atom is 0.306 e. The van der Waals surface area contributed by atoms with Crippen LogP contribution in [0.4, 0.5) is 0 Å². The summed E-state index contributed by atoms with van der Waals surface area (Å²) in [4.78, 5) is 23.6. The van der Waals surface area contributed by atoms with Crippen LogP contribution in [0.1, 0.15) is 38.5 Å². The molecule has 126 valence electrons. The fourth-order valence-electron chi connectivity index (χ4n) is 7.04. The van der Waals surface area contributed by atoms with Gasteiger partial charge in [0.15, 0.2) is 0 Å². The number of fused-ring (bicyclic) bond motifs is 3. The molecule has 4 saturated carbocycles. The predicted octanol–water partition coefficient (Wildman–Crippen LogP) is -0.220. The molecular formula is C17H22O6. The van der Waals surface area contributed by atoms with E-state index in [9.17, 15) is 24.9 Å². The second kappa shape index (κ2) is 3.98. The van der Waals surface area contributed by atoms with Gasteiger partial charge in [-0.25, -0.2) is 0 Å². The Balaban J connectivity index is 1.71. The average molecular weight is 322 g/mol. The molecule has 0 amide bonds. The van der Waals surface area contributed by atoms with E-state index < -0.39 is 46.6 Å². The number of hydrogen-bond acceptors (Lipinski definition) is 6. The molecule has 5 rings (SSSR count).